The van der Waals surface area contributed by atoms with E-state index in [1.54, 1.807) is 52.3 Å². The summed E-state index contributed by atoms with van der Waals surface area (Å²) in [7, 11) is 0. The SMILES string of the molecule is CCN(CC)C(=O)c1cc(NC(=O)c2ccccc2Cl)ccc1N1CCCN(C(=O)Nc2cccc(C(F)(F)F)c2)CC1. The van der Waals surface area contributed by atoms with Crippen LogP contribution in [0.3, 0.4) is 0 Å². The molecule has 0 radical (unpaired) electrons. The quantitative estimate of drug-likeness (QED) is 0.305. The van der Waals surface area contributed by atoms with Crippen molar-refractivity contribution < 1.29 is 27.6 Å². The second-order valence-corrected chi connectivity index (χ2v) is 10.4. The van der Waals surface area contributed by atoms with Gasteiger partial charge in [0.2, 0.25) is 0 Å². The van der Waals surface area contributed by atoms with Crippen LogP contribution in [0.1, 0.15) is 46.5 Å². The minimum Gasteiger partial charge on any atom is -0.369 e. The van der Waals surface area contributed by atoms with Gasteiger partial charge in [0.1, 0.15) is 0 Å². The van der Waals surface area contributed by atoms with Gasteiger partial charge >= 0.3 is 12.2 Å². The summed E-state index contributed by atoms with van der Waals surface area (Å²) in [5.74, 6) is -0.603. The first-order valence-electron chi connectivity index (χ1n) is 14.0. The average Bonchev–Trinajstić information content (AvgIpc) is 3.24. The number of hydrogen-bond donors (Lipinski definition) is 2. The van der Waals surface area contributed by atoms with Crippen molar-refractivity contribution in [3.63, 3.8) is 0 Å². The molecule has 12 heteroatoms. The molecule has 8 nitrogen and oxygen atoms in total. The molecule has 0 unspecified atom stereocenters. The number of amides is 4. The molecule has 0 spiro atoms. The summed E-state index contributed by atoms with van der Waals surface area (Å²) in [5.41, 5.74) is 1.02. The molecule has 0 aliphatic carbocycles. The van der Waals surface area contributed by atoms with Gasteiger partial charge in [0, 0.05) is 56.3 Å². The Morgan fingerprint density at radius 2 is 1.56 bits per heavy atom. The zero-order valence-electron chi connectivity index (χ0n) is 23.9. The van der Waals surface area contributed by atoms with Crippen LogP contribution in [-0.2, 0) is 6.18 Å². The number of urea groups is 1. The molecular formula is C31H33ClF3N5O3. The maximum atomic E-state index is 13.6. The normalized spacial score (nSPS) is 13.7. The minimum absolute atomic E-state index is 0.0578. The molecule has 43 heavy (non-hydrogen) atoms. The number of benzene rings is 3. The molecule has 2 N–H and O–H groups in total. The first-order chi connectivity index (χ1) is 20.5. The van der Waals surface area contributed by atoms with E-state index in [1.165, 1.54) is 12.1 Å². The Balaban J connectivity index is 1.53. The fraction of sp³-hybridized carbons (Fsp3) is 0.323. The summed E-state index contributed by atoms with van der Waals surface area (Å²) in [6.07, 6.45) is -3.95. The molecule has 3 aromatic rings. The molecule has 0 aromatic heterocycles. The smallest absolute Gasteiger partial charge is 0.369 e. The van der Waals surface area contributed by atoms with Gasteiger partial charge in [0.05, 0.1) is 21.7 Å². The number of hydrogen-bond acceptors (Lipinski definition) is 4. The standard InChI is InChI=1S/C31H33ClF3N5O3/c1-3-38(4-2)29(42)25-20-23(36-28(41)24-11-5-6-12-26(24)32)13-14-27(25)39-15-8-16-40(18-17-39)30(43)37-22-10-7-9-21(19-22)31(33,34)35/h5-7,9-14,19-20H,3-4,8,15-18H2,1-2H3,(H,36,41)(H,37,43). The van der Waals surface area contributed by atoms with E-state index in [0.29, 0.717) is 66.7 Å². The van der Waals surface area contributed by atoms with Crippen LogP contribution in [0.2, 0.25) is 5.02 Å². The lowest BCUT2D eigenvalue weighted by Gasteiger charge is -2.28. The van der Waals surface area contributed by atoms with Crippen molar-refractivity contribution in [2.45, 2.75) is 26.4 Å². The van der Waals surface area contributed by atoms with E-state index in [-0.39, 0.29) is 18.1 Å². The highest BCUT2D eigenvalue weighted by Gasteiger charge is 2.31. The van der Waals surface area contributed by atoms with Gasteiger partial charge in [0.25, 0.3) is 11.8 Å². The Bertz CT molecular complexity index is 1480. The zero-order chi connectivity index (χ0) is 31.1. The van der Waals surface area contributed by atoms with Gasteiger partial charge in [-0.2, -0.15) is 13.2 Å². The van der Waals surface area contributed by atoms with Crippen molar-refractivity contribution in [2.24, 2.45) is 0 Å². The lowest BCUT2D eigenvalue weighted by atomic mass is 10.1. The molecule has 4 amide bonds. The van der Waals surface area contributed by atoms with Gasteiger partial charge < -0.3 is 25.3 Å². The van der Waals surface area contributed by atoms with Crippen LogP contribution in [-0.4, -0.2) is 66.9 Å². The van der Waals surface area contributed by atoms with Crippen molar-refractivity contribution >= 4 is 46.5 Å². The number of anilines is 3. The van der Waals surface area contributed by atoms with E-state index >= 15 is 0 Å². The Morgan fingerprint density at radius 1 is 0.837 bits per heavy atom. The van der Waals surface area contributed by atoms with Crippen LogP contribution in [0.4, 0.5) is 35.0 Å². The van der Waals surface area contributed by atoms with Crippen LogP contribution >= 0.6 is 11.6 Å². The number of alkyl halides is 3. The van der Waals surface area contributed by atoms with Crippen LogP contribution in [0.5, 0.6) is 0 Å². The first-order valence-corrected chi connectivity index (χ1v) is 14.4. The number of nitrogens with zero attached hydrogens (tertiary/aromatic N) is 3. The lowest BCUT2D eigenvalue weighted by Crippen LogP contribution is -2.38. The van der Waals surface area contributed by atoms with Crippen molar-refractivity contribution in [1.82, 2.24) is 9.80 Å². The Hall–Kier alpha value is -4.25. The number of carbonyl (C=O) groups excluding carboxylic acids is 3. The number of carbonyl (C=O) groups is 3. The maximum absolute atomic E-state index is 13.6. The molecule has 1 heterocycles. The third-order valence-electron chi connectivity index (χ3n) is 7.22. The van der Waals surface area contributed by atoms with Gasteiger partial charge in [-0.15, -0.1) is 0 Å². The summed E-state index contributed by atoms with van der Waals surface area (Å²) < 4.78 is 39.3. The van der Waals surface area contributed by atoms with Crippen LogP contribution in [0.15, 0.2) is 66.7 Å². The average molecular weight is 616 g/mol. The molecule has 0 saturated carbocycles. The van der Waals surface area contributed by atoms with Gasteiger partial charge in [-0.1, -0.05) is 29.8 Å². The molecule has 228 valence electrons. The van der Waals surface area contributed by atoms with E-state index in [1.807, 2.05) is 18.7 Å². The van der Waals surface area contributed by atoms with Gasteiger partial charge in [0.15, 0.2) is 0 Å². The monoisotopic (exact) mass is 615 g/mol. The third-order valence-corrected chi connectivity index (χ3v) is 7.55. The minimum atomic E-state index is -4.52. The summed E-state index contributed by atoms with van der Waals surface area (Å²) >= 11 is 6.19. The van der Waals surface area contributed by atoms with Gasteiger partial charge in [-0.25, -0.2) is 4.79 Å². The predicted octanol–water partition coefficient (Wildman–Crippen LogP) is 6.84. The molecule has 1 saturated heterocycles. The van der Waals surface area contributed by atoms with E-state index in [0.717, 1.165) is 12.1 Å². The van der Waals surface area contributed by atoms with E-state index in [4.69, 9.17) is 11.6 Å². The largest absolute Gasteiger partial charge is 0.416 e. The second kappa shape index (κ2) is 13.8. The Kier molecular flexibility index (Phi) is 10.2. The Morgan fingerprint density at radius 3 is 2.26 bits per heavy atom. The molecule has 3 aromatic carbocycles. The first kappa shape index (κ1) is 31.7. The number of halogens is 4. The molecule has 0 atom stereocenters. The van der Waals surface area contributed by atoms with E-state index < -0.39 is 23.7 Å². The molecule has 0 bridgehead atoms. The van der Waals surface area contributed by atoms with E-state index in [9.17, 15) is 27.6 Å². The van der Waals surface area contributed by atoms with E-state index in [2.05, 4.69) is 10.6 Å². The van der Waals surface area contributed by atoms with Crippen molar-refractivity contribution in [1.29, 1.82) is 0 Å². The van der Waals surface area contributed by atoms with Crippen molar-refractivity contribution in [2.75, 3.05) is 54.8 Å². The molecule has 1 fully saturated rings. The maximum Gasteiger partial charge on any atom is 0.416 e. The lowest BCUT2D eigenvalue weighted by molar-refractivity contribution is -0.137. The fourth-order valence-corrected chi connectivity index (χ4v) is 5.14. The van der Waals surface area contributed by atoms with Gasteiger partial charge in [-0.05, 0) is 68.8 Å². The van der Waals surface area contributed by atoms with Crippen molar-refractivity contribution in [3.05, 3.63) is 88.4 Å². The Labute approximate surface area is 253 Å². The molecule has 1 aliphatic rings. The van der Waals surface area contributed by atoms with Crippen LogP contribution < -0.4 is 15.5 Å². The highest BCUT2D eigenvalue weighted by molar-refractivity contribution is 6.34. The number of rotatable bonds is 7. The highest BCUT2D eigenvalue weighted by atomic mass is 35.5. The van der Waals surface area contributed by atoms with Crippen molar-refractivity contribution in [3.8, 4) is 0 Å². The molecule has 4 rings (SSSR count). The zero-order valence-corrected chi connectivity index (χ0v) is 24.6. The summed E-state index contributed by atoms with van der Waals surface area (Å²) in [4.78, 5) is 44.7. The summed E-state index contributed by atoms with van der Waals surface area (Å²) in [6.45, 7) is 6.36. The highest BCUT2D eigenvalue weighted by Crippen LogP contribution is 2.31. The number of nitrogens with one attached hydrogen (secondary N) is 2. The summed E-state index contributed by atoms with van der Waals surface area (Å²) in [6, 6.07) is 15.8. The third kappa shape index (κ3) is 7.78. The van der Waals surface area contributed by atoms with Gasteiger partial charge in [-0.3, -0.25) is 9.59 Å². The van der Waals surface area contributed by atoms with Crippen LogP contribution in [0, 0.1) is 0 Å². The van der Waals surface area contributed by atoms with Crippen LogP contribution in [0.25, 0.3) is 0 Å². The predicted molar refractivity (Wildman–Crippen MR) is 162 cm³/mol. The second-order valence-electron chi connectivity index (χ2n) is 9.98. The fourth-order valence-electron chi connectivity index (χ4n) is 4.92. The topological polar surface area (TPSA) is 85.0 Å². The molecular weight excluding hydrogens is 583 g/mol. The molecule has 1 aliphatic heterocycles. The summed E-state index contributed by atoms with van der Waals surface area (Å²) in [5, 5.41) is 5.70.